The Hall–Kier alpha value is -7.73. The summed E-state index contributed by atoms with van der Waals surface area (Å²) in [5.74, 6) is 0. The van der Waals surface area contributed by atoms with Crippen molar-refractivity contribution >= 4 is 50.2 Å². The van der Waals surface area contributed by atoms with Crippen LogP contribution in [-0.2, 0) is 5.41 Å². The monoisotopic (exact) mass is 968 g/mol. The molecule has 2 aromatic heterocycles. The minimum atomic E-state index is -0.290. The fourth-order valence-corrected chi connectivity index (χ4v) is 12.2. The predicted molar refractivity (Wildman–Crippen MR) is 313 cm³/mol. The Kier molecular flexibility index (Phi) is 13.9. The number of dihydropyridines is 1. The molecule has 4 nitrogen and oxygen atoms in total. The summed E-state index contributed by atoms with van der Waals surface area (Å²) in [5, 5.41) is 5.56. The van der Waals surface area contributed by atoms with Crippen LogP contribution in [0, 0.1) is 34.6 Å². The van der Waals surface area contributed by atoms with Crippen LogP contribution in [0.4, 0.5) is 0 Å². The Labute approximate surface area is 437 Å². The first kappa shape index (κ1) is 48.9. The summed E-state index contributed by atoms with van der Waals surface area (Å²) >= 11 is 1.71. The van der Waals surface area contributed by atoms with E-state index in [9.17, 15) is 0 Å². The van der Waals surface area contributed by atoms with Crippen molar-refractivity contribution in [2.45, 2.75) is 79.2 Å². The summed E-state index contributed by atoms with van der Waals surface area (Å²) < 4.78 is 0. The van der Waals surface area contributed by atoms with Gasteiger partial charge in [0.1, 0.15) is 5.01 Å². The van der Waals surface area contributed by atoms with Gasteiger partial charge in [-0.25, -0.2) is 9.98 Å². The Bertz CT molecular complexity index is 3540. The highest BCUT2D eigenvalue weighted by molar-refractivity contribution is 7.13. The first-order valence-electron chi connectivity index (χ1n) is 25.7. The van der Waals surface area contributed by atoms with Crippen molar-refractivity contribution in [3.05, 3.63) is 262 Å². The molecule has 0 saturated heterocycles. The van der Waals surface area contributed by atoms with E-state index < -0.39 is 0 Å². The van der Waals surface area contributed by atoms with Crippen LogP contribution in [0.5, 0.6) is 0 Å². The zero-order valence-corrected chi connectivity index (χ0v) is 44.2. The van der Waals surface area contributed by atoms with Gasteiger partial charge >= 0.3 is 0 Å². The van der Waals surface area contributed by atoms with Crippen LogP contribution in [0.15, 0.2) is 205 Å². The first-order valence-corrected chi connectivity index (χ1v) is 26.6. The third-order valence-electron chi connectivity index (χ3n) is 15.1. The molecule has 0 spiro atoms. The lowest BCUT2D eigenvalue weighted by Gasteiger charge is -2.47. The molecule has 0 saturated carbocycles. The van der Waals surface area contributed by atoms with E-state index in [1.54, 1.807) is 11.3 Å². The Morgan fingerprint density at radius 2 is 1.45 bits per heavy atom. The van der Waals surface area contributed by atoms with E-state index in [-0.39, 0.29) is 11.5 Å². The summed E-state index contributed by atoms with van der Waals surface area (Å²) in [6, 6.07) is 50.4. The maximum Gasteiger partial charge on any atom is 0.123 e. The SMILES string of the molecule is C=C/C(=C\C(=C)c1ccccc1)c1cccc(-c2ccc(C(CC)(CCC)CN3C(c4c(C)cc(C)nc4C)=CC(c4ccc5ccccc5c4)=C4N=C(c5c(C)cccc5C)C=CC43)c(-c3nccs3)c2)c1. The standard InChI is InChI=1S/C68H64N4S/c1-10-34-68(12-3,60-31-30-56(41-59(60)67-69-35-36-73-67)55-27-19-26-53(39-55)50(11-2)38-46(6)51-22-14-13-15-23-51)43-72-62-33-32-61(64-44(4)20-18-21-45(64)5)71-66(62)58(57-29-28-52-24-16-17-25-54(52)40-57)42-63(72)65-47(7)37-48(8)70-49(65)9/h11,13-33,35-42,62H,2,6,10,12,34,43H2,1,3-5,7-9H3/b50-38+. The number of hydrogen-bond acceptors (Lipinski definition) is 5. The molecular formula is C68H64N4S. The van der Waals surface area contributed by atoms with Crippen molar-refractivity contribution in [2.75, 3.05) is 6.54 Å². The van der Waals surface area contributed by atoms with Crippen molar-refractivity contribution in [3.63, 3.8) is 0 Å². The highest BCUT2D eigenvalue weighted by Crippen LogP contribution is 2.48. The second-order valence-electron chi connectivity index (χ2n) is 19.9. The van der Waals surface area contributed by atoms with Crippen LogP contribution in [0.25, 0.3) is 54.9 Å². The van der Waals surface area contributed by atoms with Crippen LogP contribution in [0.3, 0.4) is 0 Å². The number of rotatable bonds is 15. The van der Waals surface area contributed by atoms with E-state index in [0.29, 0.717) is 0 Å². The van der Waals surface area contributed by atoms with Crippen LogP contribution in [0.2, 0.25) is 0 Å². The van der Waals surface area contributed by atoms with Gasteiger partial charge in [-0.3, -0.25) is 4.98 Å². The van der Waals surface area contributed by atoms with Crippen molar-refractivity contribution in [2.24, 2.45) is 4.99 Å². The fraction of sp³-hybridized carbons (Fsp3) is 0.191. The second kappa shape index (κ2) is 20.8. The number of fused-ring (bicyclic) bond motifs is 2. The molecule has 0 bridgehead atoms. The minimum Gasteiger partial charge on any atom is -0.358 e. The summed E-state index contributed by atoms with van der Waals surface area (Å²) in [7, 11) is 0. The summed E-state index contributed by atoms with van der Waals surface area (Å²) in [6.45, 7) is 25.0. The number of benzene rings is 6. The smallest absolute Gasteiger partial charge is 0.123 e. The lowest BCUT2D eigenvalue weighted by atomic mass is 9.71. The predicted octanol–water partition coefficient (Wildman–Crippen LogP) is 17.5. The maximum absolute atomic E-state index is 5.79. The van der Waals surface area contributed by atoms with Gasteiger partial charge in [-0.1, -0.05) is 161 Å². The highest BCUT2D eigenvalue weighted by Gasteiger charge is 2.41. The topological polar surface area (TPSA) is 41.4 Å². The number of aliphatic imine (C=N–C) groups is 1. The minimum absolute atomic E-state index is 0.159. The molecule has 5 heteroatoms. The van der Waals surface area contributed by atoms with E-state index >= 15 is 0 Å². The van der Waals surface area contributed by atoms with Gasteiger partial charge in [0.2, 0.25) is 0 Å². The molecule has 0 amide bonds. The Morgan fingerprint density at radius 1 is 0.726 bits per heavy atom. The van der Waals surface area contributed by atoms with E-state index in [4.69, 9.17) is 15.0 Å². The quantitative estimate of drug-likeness (QED) is 0.0962. The number of pyridine rings is 1. The molecule has 2 atom stereocenters. The average Bonchev–Trinajstić information content (AvgIpc) is 3.95. The van der Waals surface area contributed by atoms with Crippen molar-refractivity contribution in [1.29, 1.82) is 0 Å². The van der Waals surface area contributed by atoms with Crippen molar-refractivity contribution < 1.29 is 0 Å². The number of aromatic nitrogens is 2. The van der Waals surface area contributed by atoms with Crippen LogP contribution in [0.1, 0.15) is 94.6 Å². The third kappa shape index (κ3) is 9.58. The average molecular weight is 969 g/mol. The van der Waals surface area contributed by atoms with Crippen LogP contribution < -0.4 is 0 Å². The van der Waals surface area contributed by atoms with Gasteiger partial charge in [-0.05, 0) is 162 Å². The van der Waals surface area contributed by atoms with Gasteiger partial charge in [0, 0.05) is 62.9 Å². The second-order valence-corrected chi connectivity index (χ2v) is 20.8. The zero-order valence-electron chi connectivity index (χ0n) is 43.3. The molecule has 0 fully saturated rings. The largest absolute Gasteiger partial charge is 0.358 e. The first-order chi connectivity index (χ1) is 35.5. The third-order valence-corrected chi connectivity index (χ3v) is 15.9. The molecule has 2 unspecified atom stereocenters. The molecule has 2 aliphatic heterocycles. The Balaban J connectivity index is 1.15. The lowest BCUT2D eigenvalue weighted by molar-refractivity contribution is 0.242. The van der Waals surface area contributed by atoms with Crippen molar-refractivity contribution in [1.82, 2.24) is 14.9 Å². The van der Waals surface area contributed by atoms with Gasteiger partial charge in [-0.15, -0.1) is 11.3 Å². The zero-order chi connectivity index (χ0) is 50.8. The molecule has 362 valence electrons. The summed E-state index contributed by atoms with van der Waals surface area (Å²) in [4.78, 5) is 18.7. The van der Waals surface area contributed by atoms with Gasteiger partial charge < -0.3 is 4.90 Å². The summed E-state index contributed by atoms with van der Waals surface area (Å²) in [6.07, 6.45) is 16.1. The lowest BCUT2D eigenvalue weighted by Crippen LogP contribution is -2.47. The number of nitrogens with zero attached hydrogens (tertiary/aromatic N) is 4. The number of allylic oxidation sites excluding steroid dienone is 7. The molecule has 73 heavy (non-hydrogen) atoms. The van der Waals surface area contributed by atoms with Gasteiger partial charge in [-0.2, -0.15) is 0 Å². The molecule has 10 rings (SSSR count). The van der Waals surface area contributed by atoms with E-state index in [2.05, 4.69) is 218 Å². The molecule has 0 N–H and O–H groups in total. The molecule has 0 radical (unpaired) electrons. The summed E-state index contributed by atoms with van der Waals surface area (Å²) in [5.41, 5.74) is 22.3. The van der Waals surface area contributed by atoms with E-state index in [1.807, 2.05) is 30.5 Å². The number of hydrogen-bond donors (Lipinski definition) is 0. The van der Waals surface area contributed by atoms with Gasteiger partial charge in [0.25, 0.3) is 0 Å². The van der Waals surface area contributed by atoms with Crippen LogP contribution >= 0.6 is 11.3 Å². The molecule has 8 aromatic rings. The fourth-order valence-electron chi connectivity index (χ4n) is 11.5. The highest BCUT2D eigenvalue weighted by atomic mass is 32.1. The van der Waals surface area contributed by atoms with Gasteiger partial charge in [0.05, 0.1) is 17.5 Å². The van der Waals surface area contributed by atoms with E-state index in [0.717, 1.165) is 98.1 Å². The Morgan fingerprint density at radius 3 is 2.18 bits per heavy atom. The molecule has 2 aliphatic rings. The van der Waals surface area contributed by atoms with Crippen LogP contribution in [-0.4, -0.2) is 33.2 Å². The maximum atomic E-state index is 5.79. The van der Waals surface area contributed by atoms with Gasteiger partial charge in [0.15, 0.2) is 0 Å². The molecule has 0 aliphatic carbocycles. The van der Waals surface area contributed by atoms with Crippen molar-refractivity contribution in [3.8, 4) is 21.7 Å². The number of thiazole rings is 1. The molecule has 6 aromatic carbocycles. The normalized spacial score (nSPS) is 15.5. The molecule has 4 heterocycles. The molecular weight excluding hydrogens is 905 g/mol. The number of aryl methyl sites for hydroxylation is 5. The van der Waals surface area contributed by atoms with E-state index in [1.165, 1.54) is 55.4 Å².